The molecule has 3 nitrogen and oxygen atoms in total. The molecule has 0 radical (unpaired) electrons. The Hall–Kier alpha value is -2.31. The summed E-state index contributed by atoms with van der Waals surface area (Å²) >= 11 is 3.05. The van der Waals surface area contributed by atoms with Gasteiger partial charge in [-0.2, -0.15) is 0 Å². The second-order valence-electron chi connectivity index (χ2n) is 5.62. The van der Waals surface area contributed by atoms with Crippen LogP contribution in [-0.4, -0.2) is 9.97 Å². The lowest BCUT2D eigenvalue weighted by Gasteiger charge is -2.02. The minimum absolute atomic E-state index is 0.162. The molecule has 6 heteroatoms. The topological polar surface area (TPSA) is 45.8 Å². The summed E-state index contributed by atoms with van der Waals surface area (Å²) in [5.74, 6) is 0.302. The van der Waals surface area contributed by atoms with Crippen molar-refractivity contribution in [3.63, 3.8) is 0 Å². The molecule has 0 fully saturated rings. The minimum atomic E-state index is -0.293. The van der Waals surface area contributed by atoms with Crippen LogP contribution in [0.2, 0.25) is 0 Å². The highest BCUT2D eigenvalue weighted by Crippen LogP contribution is 2.36. The highest BCUT2D eigenvalue weighted by Gasteiger charge is 2.17. The third-order valence-corrected chi connectivity index (χ3v) is 5.89. The number of hydrogen-bond acceptors (Lipinski definition) is 4. The molecule has 0 amide bonds. The maximum absolute atomic E-state index is 13.2. The monoisotopic (exact) mass is 356 g/mol. The zero-order valence-corrected chi connectivity index (χ0v) is 14.6. The molecule has 0 unspecified atom stereocenters. The van der Waals surface area contributed by atoms with Gasteiger partial charge >= 0.3 is 0 Å². The molecule has 0 spiro atoms. The van der Waals surface area contributed by atoms with Gasteiger partial charge in [0.25, 0.3) is 5.56 Å². The van der Waals surface area contributed by atoms with Crippen LogP contribution in [0, 0.1) is 19.7 Å². The van der Waals surface area contributed by atoms with E-state index < -0.39 is 0 Å². The largest absolute Gasteiger partial charge is 0.305 e. The summed E-state index contributed by atoms with van der Waals surface area (Å²) < 4.78 is 13.2. The summed E-state index contributed by atoms with van der Waals surface area (Å²) in [6, 6.07) is 8.21. The fourth-order valence-electron chi connectivity index (χ4n) is 2.76. The molecule has 3 aromatic heterocycles. The molecule has 0 aliphatic rings. The van der Waals surface area contributed by atoms with E-state index in [2.05, 4.69) is 9.97 Å². The Morgan fingerprint density at radius 3 is 2.58 bits per heavy atom. The molecular formula is C18H13FN2OS2. The standard InChI is InChI=1S/C18H13FN2OS2/c1-9-7-13(23-8-9)16-20-17(22)15-14(10(2)24-18(15)21-16)11-3-5-12(19)6-4-11/h3-8H,1-2H3,(H,20,21,22). The Morgan fingerprint density at radius 2 is 1.92 bits per heavy atom. The van der Waals surface area contributed by atoms with Gasteiger partial charge in [0, 0.05) is 10.4 Å². The Labute approximate surface area is 145 Å². The normalized spacial score (nSPS) is 11.3. The number of hydrogen-bond donors (Lipinski definition) is 1. The first-order valence-electron chi connectivity index (χ1n) is 7.38. The van der Waals surface area contributed by atoms with E-state index in [4.69, 9.17) is 0 Å². The average molecular weight is 356 g/mol. The zero-order chi connectivity index (χ0) is 16.8. The number of fused-ring (bicyclic) bond motifs is 1. The van der Waals surface area contributed by atoms with E-state index in [0.717, 1.165) is 26.4 Å². The molecule has 24 heavy (non-hydrogen) atoms. The molecule has 0 saturated carbocycles. The average Bonchev–Trinajstić information content (AvgIpc) is 3.11. The van der Waals surface area contributed by atoms with Crippen molar-refractivity contribution in [3.05, 3.63) is 62.3 Å². The Kier molecular flexibility index (Phi) is 3.58. The summed E-state index contributed by atoms with van der Waals surface area (Å²) in [6.07, 6.45) is 0. The van der Waals surface area contributed by atoms with Crippen LogP contribution in [0.25, 0.3) is 32.0 Å². The molecule has 0 atom stereocenters. The summed E-state index contributed by atoms with van der Waals surface area (Å²) in [4.78, 5) is 22.9. The fourth-order valence-corrected chi connectivity index (χ4v) is 4.64. The molecule has 0 aliphatic heterocycles. The lowest BCUT2D eigenvalue weighted by atomic mass is 10.0. The third kappa shape index (κ3) is 2.48. The van der Waals surface area contributed by atoms with E-state index in [1.165, 1.54) is 23.5 Å². The van der Waals surface area contributed by atoms with Crippen LogP contribution in [0.4, 0.5) is 4.39 Å². The highest BCUT2D eigenvalue weighted by atomic mass is 32.1. The first-order chi connectivity index (χ1) is 11.5. The van der Waals surface area contributed by atoms with Crippen LogP contribution >= 0.6 is 22.7 Å². The SMILES string of the molecule is Cc1csc(-c2nc3sc(C)c(-c4ccc(F)cc4)c3c(=O)[nH]2)c1. The maximum Gasteiger partial charge on any atom is 0.260 e. The molecule has 4 rings (SSSR count). The number of benzene rings is 1. The number of aromatic nitrogens is 2. The van der Waals surface area contributed by atoms with Crippen molar-refractivity contribution in [2.45, 2.75) is 13.8 Å². The van der Waals surface area contributed by atoms with Gasteiger partial charge in [0.1, 0.15) is 10.6 Å². The van der Waals surface area contributed by atoms with Crippen LogP contribution in [0.15, 0.2) is 40.5 Å². The molecule has 1 aromatic carbocycles. The number of thiophene rings is 2. The summed E-state index contributed by atoms with van der Waals surface area (Å²) in [5.41, 5.74) is 2.64. The second kappa shape index (κ2) is 5.65. The van der Waals surface area contributed by atoms with Gasteiger partial charge in [-0.15, -0.1) is 22.7 Å². The lowest BCUT2D eigenvalue weighted by Crippen LogP contribution is -2.08. The minimum Gasteiger partial charge on any atom is -0.305 e. The molecule has 0 saturated heterocycles. The van der Waals surface area contributed by atoms with Gasteiger partial charge < -0.3 is 4.98 Å². The van der Waals surface area contributed by atoms with Gasteiger partial charge in [0.15, 0.2) is 5.82 Å². The van der Waals surface area contributed by atoms with Crippen molar-refractivity contribution in [1.82, 2.24) is 9.97 Å². The van der Waals surface area contributed by atoms with Crippen LogP contribution in [0.1, 0.15) is 10.4 Å². The summed E-state index contributed by atoms with van der Waals surface area (Å²) in [5, 5.41) is 2.60. The van der Waals surface area contributed by atoms with Gasteiger partial charge in [-0.1, -0.05) is 12.1 Å². The number of nitrogens with one attached hydrogen (secondary N) is 1. The van der Waals surface area contributed by atoms with Gasteiger partial charge in [0.2, 0.25) is 0 Å². The third-order valence-electron chi connectivity index (χ3n) is 3.83. The fraction of sp³-hybridized carbons (Fsp3) is 0.111. The molecule has 4 aromatic rings. The molecule has 120 valence electrons. The van der Waals surface area contributed by atoms with Crippen molar-refractivity contribution in [2.24, 2.45) is 0 Å². The Bertz CT molecular complexity index is 1110. The van der Waals surface area contributed by atoms with Crippen molar-refractivity contribution in [3.8, 4) is 21.8 Å². The first kappa shape index (κ1) is 15.2. The lowest BCUT2D eigenvalue weighted by molar-refractivity contribution is 0.628. The first-order valence-corrected chi connectivity index (χ1v) is 9.07. The molecular weight excluding hydrogens is 343 g/mol. The number of aryl methyl sites for hydroxylation is 2. The molecule has 0 aliphatic carbocycles. The van der Waals surface area contributed by atoms with Crippen LogP contribution in [-0.2, 0) is 0 Å². The maximum atomic E-state index is 13.2. The molecule has 0 bridgehead atoms. The summed E-state index contributed by atoms with van der Waals surface area (Å²) in [6.45, 7) is 3.97. The highest BCUT2D eigenvalue weighted by molar-refractivity contribution is 7.19. The number of aromatic amines is 1. The quantitative estimate of drug-likeness (QED) is 0.541. The van der Waals surface area contributed by atoms with E-state index >= 15 is 0 Å². The molecule has 1 N–H and O–H groups in total. The van der Waals surface area contributed by atoms with Gasteiger partial charge in [-0.05, 0) is 48.6 Å². The number of rotatable bonds is 2. The van der Waals surface area contributed by atoms with Crippen molar-refractivity contribution in [1.29, 1.82) is 0 Å². The van der Waals surface area contributed by atoms with Gasteiger partial charge in [-0.25, -0.2) is 9.37 Å². The zero-order valence-electron chi connectivity index (χ0n) is 13.0. The van der Waals surface area contributed by atoms with E-state index in [-0.39, 0.29) is 11.4 Å². The van der Waals surface area contributed by atoms with Crippen LogP contribution in [0.3, 0.4) is 0 Å². The number of H-pyrrole nitrogens is 1. The van der Waals surface area contributed by atoms with E-state index in [1.54, 1.807) is 23.5 Å². The van der Waals surface area contributed by atoms with Gasteiger partial charge in [-0.3, -0.25) is 4.79 Å². The summed E-state index contributed by atoms with van der Waals surface area (Å²) in [7, 11) is 0. The number of nitrogens with zero attached hydrogens (tertiary/aromatic N) is 1. The predicted octanol–water partition coefficient (Wildman–Crippen LogP) is 5.14. The number of halogens is 1. The Balaban J connectivity index is 1.96. The predicted molar refractivity (Wildman–Crippen MR) is 98.4 cm³/mol. The van der Waals surface area contributed by atoms with Crippen LogP contribution < -0.4 is 5.56 Å². The van der Waals surface area contributed by atoms with Crippen molar-refractivity contribution < 1.29 is 4.39 Å². The smallest absolute Gasteiger partial charge is 0.260 e. The molecule has 3 heterocycles. The van der Waals surface area contributed by atoms with E-state index in [9.17, 15) is 9.18 Å². The second-order valence-corrected chi connectivity index (χ2v) is 7.74. The van der Waals surface area contributed by atoms with Crippen molar-refractivity contribution in [2.75, 3.05) is 0 Å². The van der Waals surface area contributed by atoms with E-state index in [1.807, 2.05) is 25.3 Å². The van der Waals surface area contributed by atoms with Crippen molar-refractivity contribution >= 4 is 32.9 Å². The van der Waals surface area contributed by atoms with E-state index in [0.29, 0.717) is 16.0 Å². The van der Waals surface area contributed by atoms with Crippen LogP contribution in [0.5, 0.6) is 0 Å². The Morgan fingerprint density at radius 1 is 1.17 bits per heavy atom. The van der Waals surface area contributed by atoms with Gasteiger partial charge in [0.05, 0.1) is 10.3 Å².